The van der Waals surface area contributed by atoms with Crippen LogP contribution in [0.25, 0.3) is 0 Å². The van der Waals surface area contributed by atoms with Gasteiger partial charge in [-0.15, -0.1) is 5.10 Å². The maximum Gasteiger partial charge on any atom is 0.126 e. The third-order valence-corrected chi connectivity index (χ3v) is 2.03. The third kappa shape index (κ3) is 2.28. The van der Waals surface area contributed by atoms with E-state index in [1.807, 2.05) is 50.5 Å². The van der Waals surface area contributed by atoms with Gasteiger partial charge in [0.2, 0.25) is 0 Å². The molecule has 1 aromatic carbocycles. The summed E-state index contributed by atoms with van der Waals surface area (Å²) in [6.07, 6.45) is 1.85. The Bertz CT molecular complexity index is 470. The molecule has 0 aliphatic rings. The Kier molecular flexibility index (Phi) is 2.58. The average Bonchev–Trinajstić information content (AvgIpc) is 2.66. The summed E-state index contributed by atoms with van der Waals surface area (Å²) in [5, 5.41) is 7.86. The molecule has 0 radical (unpaired) electrons. The molecular weight excluding hydrogens is 188 g/mol. The van der Waals surface area contributed by atoms with Gasteiger partial charge in [0, 0.05) is 7.05 Å². The number of aromatic nitrogens is 3. The van der Waals surface area contributed by atoms with Crippen LogP contribution in [0, 0.1) is 0 Å². The smallest absolute Gasteiger partial charge is 0.126 e. The Labute approximate surface area is 88.3 Å². The van der Waals surface area contributed by atoms with Gasteiger partial charge in [-0.3, -0.25) is 9.67 Å². The van der Waals surface area contributed by atoms with E-state index in [0.717, 1.165) is 17.1 Å². The van der Waals surface area contributed by atoms with Crippen molar-refractivity contribution in [2.45, 2.75) is 6.92 Å². The van der Waals surface area contributed by atoms with Crippen molar-refractivity contribution in [2.75, 3.05) is 0 Å². The molecule has 4 heteroatoms. The van der Waals surface area contributed by atoms with Gasteiger partial charge in [-0.25, -0.2) is 0 Å². The van der Waals surface area contributed by atoms with E-state index < -0.39 is 0 Å². The predicted molar refractivity (Wildman–Crippen MR) is 59.3 cm³/mol. The number of rotatable bonds is 2. The molecule has 0 spiro atoms. The van der Waals surface area contributed by atoms with Gasteiger partial charge in [-0.2, -0.15) is 0 Å². The van der Waals surface area contributed by atoms with Crippen LogP contribution in [0.5, 0.6) is 0 Å². The second-order valence-corrected chi connectivity index (χ2v) is 3.31. The molecule has 2 aromatic rings. The minimum atomic E-state index is 0.807. The lowest BCUT2D eigenvalue weighted by Crippen LogP contribution is -1.93. The lowest BCUT2D eigenvalue weighted by molar-refractivity contribution is 0.714. The molecule has 0 aliphatic heterocycles. The molecule has 0 aliphatic carbocycles. The summed E-state index contributed by atoms with van der Waals surface area (Å²) in [6, 6.07) is 9.81. The van der Waals surface area contributed by atoms with Gasteiger partial charge in [-0.1, -0.05) is 23.4 Å². The van der Waals surface area contributed by atoms with Crippen molar-refractivity contribution in [1.29, 1.82) is 0 Å². The summed E-state index contributed by atoms with van der Waals surface area (Å²) < 4.78 is 1.67. The fourth-order valence-corrected chi connectivity index (χ4v) is 1.27. The summed E-state index contributed by atoms with van der Waals surface area (Å²) in [5.74, 6) is 0. The number of benzene rings is 1. The molecule has 0 bridgehead atoms. The van der Waals surface area contributed by atoms with E-state index in [9.17, 15) is 0 Å². The number of aryl methyl sites for hydroxylation is 1. The molecule has 4 nitrogen and oxygen atoms in total. The molecule has 15 heavy (non-hydrogen) atoms. The summed E-state index contributed by atoms with van der Waals surface area (Å²) in [6.45, 7) is 1.93. The lowest BCUT2D eigenvalue weighted by atomic mass is 10.3. The summed E-state index contributed by atoms with van der Waals surface area (Å²) in [7, 11) is 1.84. The zero-order valence-electron chi connectivity index (χ0n) is 8.75. The van der Waals surface area contributed by atoms with Gasteiger partial charge in [0.05, 0.1) is 17.6 Å². The van der Waals surface area contributed by atoms with Crippen LogP contribution in [0.3, 0.4) is 0 Å². The molecule has 0 saturated carbocycles. The highest BCUT2D eigenvalue weighted by Crippen LogP contribution is 2.11. The topological polar surface area (TPSA) is 43.1 Å². The van der Waals surface area contributed by atoms with Crippen LogP contribution in [-0.2, 0) is 7.05 Å². The normalized spacial score (nSPS) is 11.7. The number of hydrogen-bond donors (Lipinski definition) is 0. The summed E-state index contributed by atoms with van der Waals surface area (Å²) >= 11 is 0. The van der Waals surface area contributed by atoms with Gasteiger partial charge < -0.3 is 0 Å². The zero-order valence-corrected chi connectivity index (χ0v) is 8.75. The van der Waals surface area contributed by atoms with Crippen LogP contribution in [0.1, 0.15) is 12.6 Å². The fourth-order valence-electron chi connectivity index (χ4n) is 1.27. The number of aliphatic imine (C=N–C) groups is 1. The molecule has 0 unspecified atom stereocenters. The number of nitrogens with zero attached hydrogens (tertiary/aromatic N) is 4. The van der Waals surface area contributed by atoms with Crippen LogP contribution < -0.4 is 0 Å². The third-order valence-electron chi connectivity index (χ3n) is 2.03. The fraction of sp³-hybridized carbons (Fsp3) is 0.182. The molecule has 0 amide bonds. The maximum atomic E-state index is 4.44. The van der Waals surface area contributed by atoms with E-state index in [2.05, 4.69) is 15.3 Å². The maximum absolute atomic E-state index is 4.44. The summed E-state index contributed by atoms with van der Waals surface area (Å²) in [4.78, 5) is 4.44. The van der Waals surface area contributed by atoms with Crippen LogP contribution in [-0.4, -0.2) is 20.7 Å². The number of hydrogen-bond acceptors (Lipinski definition) is 3. The van der Waals surface area contributed by atoms with E-state index in [1.54, 1.807) is 4.68 Å². The van der Waals surface area contributed by atoms with Gasteiger partial charge in [0.25, 0.3) is 0 Å². The second-order valence-electron chi connectivity index (χ2n) is 3.31. The SMILES string of the molecule is CC(=Nc1ccccc1)c1cn(C)nn1. The van der Waals surface area contributed by atoms with Crippen LogP contribution in [0.2, 0.25) is 0 Å². The van der Waals surface area contributed by atoms with E-state index in [4.69, 9.17) is 0 Å². The predicted octanol–water partition coefficient (Wildman–Crippen LogP) is 1.96. The van der Waals surface area contributed by atoms with E-state index >= 15 is 0 Å². The van der Waals surface area contributed by atoms with Gasteiger partial charge >= 0.3 is 0 Å². The Hall–Kier alpha value is -1.97. The molecule has 76 valence electrons. The van der Waals surface area contributed by atoms with Gasteiger partial charge in [0.15, 0.2) is 0 Å². The zero-order chi connectivity index (χ0) is 10.7. The van der Waals surface area contributed by atoms with Gasteiger partial charge in [-0.05, 0) is 19.1 Å². The van der Waals surface area contributed by atoms with Crippen molar-refractivity contribution >= 4 is 11.4 Å². The van der Waals surface area contributed by atoms with Gasteiger partial charge in [0.1, 0.15) is 5.69 Å². The molecule has 0 saturated heterocycles. The first-order valence-corrected chi connectivity index (χ1v) is 4.73. The van der Waals surface area contributed by atoms with E-state index in [1.165, 1.54) is 0 Å². The second kappa shape index (κ2) is 4.04. The van der Waals surface area contributed by atoms with Crippen molar-refractivity contribution < 1.29 is 0 Å². The molecule has 1 heterocycles. The molecular formula is C11H12N4. The van der Waals surface area contributed by atoms with E-state index in [0.29, 0.717) is 0 Å². The Balaban J connectivity index is 2.28. The molecule has 0 atom stereocenters. The Morgan fingerprint density at radius 2 is 2.00 bits per heavy atom. The van der Waals surface area contributed by atoms with Crippen molar-refractivity contribution in [1.82, 2.24) is 15.0 Å². The van der Waals surface area contributed by atoms with Crippen molar-refractivity contribution in [3.63, 3.8) is 0 Å². The highest BCUT2D eigenvalue weighted by atomic mass is 15.4. The highest BCUT2D eigenvalue weighted by molar-refractivity contribution is 5.98. The first kappa shape index (κ1) is 9.58. The quantitative estimate of drug-likeness (QED) is 0.695. The first-order valence-electron chi connectivity index (χ1n) is 4.73. The van der Waals surface area contributed by atoms with Crippen LogP contribution >= 0.6 is 0 Å². The summed E-state index contributed by atoms with van der Waals surface area (Å²) in [5.41, 5.74) is 2.61. The first-order chi connectivity index (χ1) is 7.25. The largest absolute Gasteiger partial charge is 0.255 e. The van der Waals surface area contributed by atoms with Crippen molar-refractivity contribution in [3.8, 4) is 0 Å². The standard InChI is InChI=1S/C11H12N4/c1-9(11-8-15(2)14-13-11)12-10-6-4-3-5-7-10/h3-8H,1-2H3. The Morgan fingerprint density at radius 3 is 2.60 bits per heavy atom. The number of para-hydroxylation sites is 1. The minimum Gasteiger partial charge on any atom is -0.255 e. The molecule has 0 N–H and O–H groups in total. The van der Waals surface area contributed by atoms with Crippen LogP contribution in [0.4, 0.5) is 5.69 Å². The monoisotopic (exact) mass is 200 g/mol. The van der Waals surface area contributed by atoms with Crippen molar-refractivity contribution in [3.05, 3.63) is 42.2 Å². The molecule has 0 fully saturated rings. The van der Waals surface area contributed by atoms with E-state index in [-0.39, 0.29) is 0 Å². The van der Waals surface area contributed by atoms with Crippen LogP contribution in [0.15, 0.2) is 41.5 Å². The highest BCUT2D eigenvalue weighted by Gasteiger charge is 2.01. The molecule has 1 aromatic heterocycles. The minimum absolute atomic E-state index is 0.807. The average molecular weight is 200 g/mol. The Morgan fingerprint density at radius 1 is 1.27 bits per heavy atom. The lowest BCUT2D eigenvalue weighted by Gasteiger charge is -1.95. The molecule has 2 rings (SSSR count). The van der Waals surface area contributed by atoms with Crippen molar-refractivity contribution in [2.24, 2.45) is 12.0 Å².